The summed E-state index contributed by atoms with van der Waals surface area (Å²) in [5.74, 6) is -0.544. The number of benzene rings is 1. The third-order valence-corrected chi connectivity index (χ3v) is 6.37. The molecule has 30 heavy (non-hydrogen) atoms. The van der Waals surface area contributed by atoms with Gasteiger partial charge in [-0.25, -0.2) is 9.78 Å². The van der Waals surface area contributed by atoms with Crippen molar-refractivity contribution in [3.8, 4) is 22.0 Å². The van der Waals surface area contributed by atoms with Crippen molar-refractivity contribution in [1.82, 2.24) is 14.8 Å². The zero-order valence-electron chi connectivity index (χ0n) is 16.8. The fourth-order valence-corrected chi connectivity index (χ4v) is 4.40. The van der Waals surface area contributed by atoms with Crippen LogP contribution in [0.4, 0.5) is 5.13 Å². The van der Waals surface area contributed by atoms with Crippen LogP contribution in [0.25, 0.3) is 22.0 Å². The predicted octanol–water partition coefficient (Wildman–Crippen LogP) is 4.64. The highest BCUT2D eigenvalue weighted by molar-refractivity contribution is 7.14. The van der Waals surface area contributed by atoms with Crippen molar-refractivity contribution < 1.29 is 9.21 Å². The molecule has 0 saturated carbocycles. The third kappa shape index (κ3) is 4.27. The van der Waals surface area contributed by atoms with Crippen LogP contribution in [0.15, 0.2) is 44.2 Å². The molecule has 7 nitrogen and oxygen atoms in total. The van der Waals surface area contributed by atoms with Crippen LogP contribution in [-0.4, -0.2) is 20.7 Å². The number of nitrogens with zero attached hydrogens (tertiary/aromatic N) is 3. The molecule has 154 valence electrons. The van der Waals surface area contributed by atoms with Gasteiger partial charge in [-0.3, -0.25) is 4.79 Å². The van der Waals surface area contributed by atoms with E-state index in [4.69, 9.17) is 4.42 Å². The van der Waals surface area contributed by atoms with Crippen LogP contribution in [0.5, 0.6) is 0 Å². The summed E-state index contributed by atoms with van der Waals surface area (Å²) in [5.41, 5.74) is 5.49. The van der Waals surface area contributed by atoms with E-state index in [1.807, 2.05) is 22.9 Å². The molecular weight excluding hydrogens is 420 g/mol. The molecule has 0 unspecified atom stereocenters. The van der Waals surface area contributed by atoms with E-state index in [2.05, 4.69) is 48.3 Å². The van der Waals surface area contributed by atoms with Crippen LogP contribution in [-0.2, 0) is 11.3 Å². The van der Waals surface area contributed by atoms with Gasteiger partial charge in [0.05, 0.1) is 17.1 Å². The van der Waals surface area contributed by atoms with Gasteiger partial charge >= 0.3 is 5.76 Å². The van der Waals surface area contributed by atoms with Gasteiger partial charge in [0.25, 0.3) is 5.89 Å². The first-order chi connectivity index (χ1) is 14.4. The van der Waals surface area contributed by atoms with Crippen LogP contribution in [0, 0.1) is 20.8 Å². The Bertz CT molecular complexity index is 1250. The van der Waals surface area contributed by atoms with E-state index < -0.39 is 5.76 Å². The van der Waals surface area contributed by atoms with E-state index in [-0.39, 0.29) is 24.8 Å². The summed E-state index contributed by atoms with van der Waals surface area (Å²) < 4.78 is 6.32. The SMILES string of the molecule is Cc1cc(C)c(-c2csc(NC(=O)CCn3nc(-c4cccs4)oc3=O)n2)cc1C. The van der Waals surface area contributed by atoms with Gasteiger partial charge in [0.2, 0.25) is 5.91 Å². The van der Waals surface area contributed by atoms with Crippen molar-refractivity contribution in [2.24, 2.45) is 0 Å². The molecule has 0 aliphatic heterocycles. The van der Waals surface area contributed by atoms with Gasteiger partial charge in [0.15, 0.2) is 5.13 Å². The van der Waals surface area contributed by atoms with Gasteiger partial charge in [-0.15, -0.1) is 27.8 Å². The van der Waals surface area contributed by atoms with E-state index in [0.717, 1.165) is 21.7 Å². The lowest BCUT2D eigenvalue weighted by molar-refractivity contribution is -0.116. The minimum atomic E-state index is -0.576. The number of thiophene rings is 1. The summed E-state index contributed by atoms with van der Waals surface area (Å²) >= 11 is 2.81. The average Bonchev–Trinajstić information content (AvgIpc) is 3.44. The summed E-state index contributed by atoms with van der Waals surface area (Å²) in [6.07, 6.45) is 0.0912. The lowest BCUT2D eigenvalue weighted by atomic mass is 9.99. The first-order valence-corrected chi connectivity index (χ1v) is 11.1. The number of carbonyl (C=O) groups excluding carboxylic acids is 1. The minimum absolute atomic E-state index is 0.0912. The maximum absolute atomic E-state index is 12.3. The number of hydrogen-bond donors (Lipinski definition) is 1. The van der Waals surface area contributed by atoms with Crippen LogP contribution >= 0.6 is 22.7 Å². The molecule has 0 spiro atoms. The number of amides is 1. The second-order valence-corrected chi connectivity index (χ2v) is 8.77. The Morgan fingerprint density at radius 3 is 2.73 bits per heavy atom. The minimum Gasteiger partial charge on any atom is -0.387 e. The van der Waals surface area contributed by atoms with Crippen molar-refractivity contribution in [3.05, 3.63) is 62.3 Å². The van der Waals surface area contributed by atoms with Crippen LogP contribution in [0.1, 0.15) is 23.1 Å². The molecule has 0 aliphatic rings. The standard InChI is InChI=1S/C21H20N4O3S2/c1-12-9-14(3)15(10-13(12)2)16-11-30-20(22-16)23-18(26)6-7-25-21(27)28-19(24-25)17-5-4-8-29-17/h4-5,8-11H,6-7H2,1-3H3,(H,22,23,26). The van der Waals surface area contributed by atoms with Gasteiger partial charge in [-0.1, -0.05) is 12.1 Å². The Labute approximate surface area is 181 Å². The highest BCUT2D eigenvalue weighted by Crippen LogP contribution is 2.29. The number of hydrogen-bond acceptors (Lipinski definition) is 7. The number of aryl methyl sites for hydroxylation is 4. The Morgan fingerprint density at radius 2 is 1.97 bits per heavy atom. The van der Waals surface area contributed by atoms with E-state index in [9.17, 15) is 9.59 Å². The summed E-state index contributed by atoms with van der Waals surface area (Å²) in [6, 6.07) is 7.94. The molecule has 1 aromatic carbocycles. The third-order valence-electron chi connectivity index (χ3n) is 4.76. The molecule has 9 heteroatoms. The highest BCUT2D eigenvalue weighted by atomic mass is 32.1. The lowest BCUT2D eigenvalue weighted by Gasteiger charge is -2.07. The first-order valence-electron chi connectivity index (χ1n) is 9.36. The molecule has 4 rings (SSSR count). The van der Waals surface area contributed by atoms with Crippen molar-refractivity contribution in [1.29, 1.82) is 0 Å². The van der Waals surface area contributed by atoms with Crippen LogP contribution in [0.2, 0.25) is 0 Å². The molecule has 0 saturated heterocycles. The van der Waals surface area contributed by atoms with Gasteiger partial charge in [-0.2, -0.15) is 4.68 Å². The van der Waals surface area contributed by atoms with Gasteiger partial charge in [-0.05, 0) is 55.0 Å². The molecular formula is C21H20N4O3S2. The van der Waals surface area contributed by atoms with E-state index in [1.165, 1.54) is 38.5 Å². The summed E-state index contributed by atoms with van der Waals surface area (Å²) in [5, 5.41) is 11.3. The van der Waals surface area contributed by atoms with Crippen molar-refractivity contribution in [3.63, 3.8) is 0 Å². The summed E-state index contributed by atoms with van der Waals surface area (Å²) in [7, 11) is 0. The topological polar surface area (TPSA) is 90.0 Å². The quantitative estimate of drug-likeness (QED) is 0.472. The molecule has 4 aromatic rings. The van der Waals surface area contributed by atoms with E-state index in [0.29, 0.717) is 5.13 Å². The summed E-state index contributed by atoms with van der Waals surface area (Å²) in [6.45, 7) is 6.35. The second-order valence-electron chi connectivity index (χ2n) is 6.96. The molecule has 0 aliphatic carbocycles. The molecule has 0 atom stereocenters. The largest absolute Gasteiger partial charge is 0.437 e. The highest BCUT2D eigenvalue weighted by Gasteiger charge is 2.14. The summed E-state index contributed by atoms with van der Waals surface area (Å²) in [4.78, 5) is 29.6. The fraction of sp³-hybridized carbons (Fsp3) is 0.238. The number of carbonyl (C=O) groups is 1. The smallest absolute Gasteiger partial charge is 0.387 e. The predicted molar refractivity (Wildman–Crippen MR) is 119 cm³/mol. The average molecular weight is 441 g/mol. The van der Waals surface area contributed by atoms with E-state index in [1.54, 1.807) is 0 Å². The number of nitrogens with one attached hydrogen (secondary N) is 1. The maximum Gasteiger partial charge on any atom is 0.437 e. The number of anilines is 1. The zero-order chi connectivity index (χ0) is 21.3. The Hall–Kier alpha value is -3.04. The zero-order valence-corrected chi connectivity index (χ0v) is 18.4. The van der Waals surface area contributed by atoms with Crippen molar-refractivity contribution >= 4 is 33.7 Å². The number of rotatable bonds is 6. The molecule has 1 amide bonds. The van der Waals surface area contributed by atoms with Gasteiger partial charge in [0, 0.05) is 17.4 Å². The van der Waals surface area contributed by atoms with Crippen molar-refractivity contribution in [2.45, 2.75) is 33.7 Å². The fourth-order valence-electron chi connectivity index (χ4n) is 3.03. The first kappa shape index (κ1) is 20.2. The molecule has 3 aromatic heterocycles. The van der Waals surface area contributed by atoms with Crippen LogP contribution in [0.3, 0.4) is 0 Å². The molecule has 3 heterocycles. The number of aromatic nitrogens is 3. The van der Waals surface area contributed by atoms with Gasteiger partial charge in [0.1, 0.15) is 0 Å². The van der Waals surface area contributed by atoms with Crippen LogP contribution < -0.4 is 11.1 Å². The maximum atomic E-state index is 12.3. The molecule has 0 fully saturated rings. The number of thiazole rings is 1. The molecule has 0 radical (unpaired) electrons. The monoisotopic (exact) mass is 440 g/mol. The normalized spacial score (nSPS) is 11.0. The Balaban J connectivity index is 1.40. The lowest BCUT2D eigenvalue weighted by Crippen LogP contribution is -2.20. The van der Waals surface area contributed by atoms with E-state index >= 15 is 0 Å². The second kappa shape index (κ2) is 8.37. The van der Waals surface area contributed by atoms with Gasteiger partial charge < -0.3 is 9.73 Å². The molecule has 0 bridgehead atoms. The Kier molecular flexibility index (Phi) is 5.65. The Morgan fingerprint density at radius 1 is 1.17 bits per heavy atom. The van der Waals surface area contributed by atoms with Crippen molar-refractivity contribution in [2.75, 3.05) is 5.32 Å². The molecule has 1 N–H and O–H groups in total.